The van der Waals surface area contributed by atoms with Crippen LogP contribution in [0.15, 0.2) is 59.1 Å². The normalized spacial score (nSPS) is 12.2. The third-order valence-corrected chi connectivity index (χ3v) is 4.25. The summed E-state index contributed by atoms with van der Waals surface area (Å²) in [5, 5.41) is 8.16. The fourth-order valence-electron chi connectivity index (χ4n) is 2.96. The molecule has 0 amide bonds. The molecule has 0 saturated heterocycles. The Morgan fingerprint density at radius 2 is 2.20 bits per heavy atom. The van der Waals surface area contributed by atoms with Gasteiger partial charge in [0.15, 0.2) is 5.65 Å². The third-order valence-electron chi connectivity index (χ3n) is 4.25. The van der Waals surface area contributed by atoms with Gasteiger partial charge in [-0.2, -0.15) is 5.10 Å². The van der Waals surface area contributed by atoms with Crippen molar-refractivity contribution in [1.29, 1.82) is 0 Å². The van der Waals surface area contributed by atoms with Gasteiger partial charge in [-0.1, -0.05) is 12.6 Å². The van der Waals surface area contributed by atoms with E-state index in [4.69, 9.17) is 0 Å². The number of nitrogens with zero attached hydrogens (tertiary/aromatic N) is 5. The molecule has 0 bridgehead atoms. The second-order valence-corrected chi connectivity index (χ2v) is 5.68. The predicted octanol–water partition coefficient (Wildman–Crippen LogP) is 2.18. The predicted molar refractivity (Wildman–Crippen MR) is 98.2 cm³/mol. The highest BCUT2D eigenvalue weighted by atomic mass is 16.1. The first kappa shape index (κ1) is 15.1. The number of hydrogen-bond donors (Lipinski definition) is 1. The van der Waals surface area contributed by atoms with Crippen LogP contribution in [0.4, 0.5) is 0 Å². The number of allylic oxidation sites excluding steroid dienone is 1. The molecule has 0 fully saturated rings. The molecule has 0 atom stereocenters. The minimum absolute atomic E-state index is 0.183. The molecule has 124 valence electrons. The van der Waals surface area contributed by atoms with Crippen molar-refractivity contribution in [3.8, 4) is 11.3 Å². The zero-order valence-electron chi connectivity index (χ0n) is 13.9. The Labute approximate surface area is 142 Å². The lowest BCUT2D eigenvalue weighted by molar-refractivity contribution is 0.797. The summed E-state index contributed by atoms with van der Waals surface area (Å²) in [6, 6.07) is 7.41. The van der Waals surface area contributed by atoms with Gasteiger partial charge in [0.2, 0.25) is 0 Å². The molecule has 25 heavy (non-hydrogen) atoms. The minimum Gasteiger partial charge on any atom is -0.296 e. The Hall–Kier alpha value is -3.48. The molecule has 1 aromatic carbocycles. The van der Waals surface area contributed by atoms with Crippen molar-refractivity contribution in [2.45, 2.75) is 0 Å². The molecule has 1 N–H and O–H groups in total. The van der Waals surface area contributed by atoms with Crippen LogP contribution >= 0.6 is 0 Å². The van der Waals surface area contributed by atoms with Crippen LogP contribution < -0.4 is 5.56 Å². The third kappa shape index (κ3) is 2.28. The fraction of sp³-hybridized carbons (Fsp3) is 0.111. The van der Waals surface area contributed by atoms with E-state index in [1.807, 2.05) is 29.9 Å². The first-order valence-corrected chi connectivity index (χ1v) is 7.75. The van der Waals surface area contributed by atoms with E-state index in [0.29, 0.717) is 17.1 Å². The quantitative estimate of drug-likeness (QED) is 0.584. The summed E-state index contributed by atoms with van der Waals surface area (Å²) in [7, 11) is 3.57. The average molecular weight is 332 g/mol. The highest BCUT2D eigenvalue weighted by molar-refractivity contribution is 6.12. The van der Waals surface area contributed by atoms with Crippen LogP contribution in [0.1, 0.15) is 5.56 Å². The molecule has 0 radical (unpaired) electrons. The maximum atomic E-state index is 12.5. The number of aryl methyl sites for hydroxylation is 1. The van der Waals surface area contributed by atoms with E-state index < -0.39 is 0 Å². The summed E-state index contributed by atoms with van der Waals surface area (Å²) in [6.07, 6.45) is 5.15. The SMILES string of the molecule is C=CC(=NC)c1c[nH]n2c(=O)cc(-c3ccc4c(cnn4C)c3)nc12. The Bertz CT molecular complexity index is 1210. The summed E-state index contributed by atoms with van der Waals surface area (Å²) < 4.78 is 3.21. The second-order valence-electron chi connectivity index (χ2n) is 5.68. The molecular weight excluding hydrogens is 316 g/mol. The average Bonchev–Trinajstić information content (AvgIpc) is 3.21. The summed E-state index contributed by atoms with van der Waals surface area (Å²) in [5.74, 6) is 0. The molecule has 4 aromatic rings. The van der Waals surface area contributed by atoms with Crippen LogP contribution in [0, 0.1) is 0 Å². The molecule has 7 nitrogen and oxygen atoms in total. The maximum absolute atomic E-state index is 12.5. The Morgan fingerprint density at radius 1 is 1.36 bits per heavy atom. The van der Waals surface area contributed by atoms with Crippen molar-refractivity contribution < 1.29 is 0 Å². The maximum Gasteiger partial charge on any atom is 0.273 e. The van der Waals surface area contributed by atoms with E-state index in [0.717, 1.165) is 22.0 Å². The van der Waals surface area contributed by atoms with Gasteiger partial charge in [0.1, 0.15) is 0 Å². The smallest absolute Gasteiger partial charge is 0.273 e. The highest BCUT2D eigenvalue weighted by Gasteiger charge is 2.13. The number of benzene rings is 1. The zero-order valence-corrected chi connectivity index (χ0v) is 13.9. The molecule has 0 unspecified atom stereocenters. The lowest BCUT2D eigenvalue weighted by atomic mass is 10.1. The largest absolute Gasteiger partial charge is 0.296 e. The van der Waals surface area contributed by atoms with E-state index in [-0.39, 0.29) is 5.56 Å². The topological polar surface area (TPSA) is 80.3 Å². The van der Waals surface area contributed by atoms with Crippen LogP contribution in [-0.2, 0) is 7.05 Å². The summed E-state index contributed by atoms with van der Waals surface area (Å²) in [6.45, 7) is 3.77. The van der Waals surface area contributed by atoms with Crippen molar-refractivity contribution in [3.05, 3.63) is 65.2 Å². The molecule has 0 aliphatic rings. The van der Waals surface area contributed by atoms with E-state index in [9.17, 15) is 4.79 Å². The van der Waals surface area contributed by atoms with E-state index in [1.54, 1.807) is 25.5 Å². The van der Waals surface area contributed by atoms with Crippen LogP contribution in [0.2, 0.25) is 0 Å². The van der Waals surface area contributed by atoms with Gasteiger partial charge in [-0.05, 0) is 18.2 Å². The number of hydrogen-bond acceptors (Lipinski definition) is 4. The van der Waals surface area contributed by atoms with Crippen molar-refractivity contribution >= 4 is 22.3 Å². The van der Waals surface area contributed by atoms with Gasteiger partial charge in [0.05, 0.1) is 28.7 Å². The van der Waals surface area contributed by atoms with Crippen molar-refractivity contribution in [1.82, 2.24) is 24.4 Å². The van der Waals surface area contributed by atoms with Gasteiger partial charge in [-0.15, -0.1) is 0 Å². The summed E-state index contributed by atoms with van der Waals surface area (Å²) >= 11 is 0. The number of fused-ring (bicyclic) bond motifs is 2. The summed E-state index contributed by atoms with van der Waals surface area (Å²) in [5.41, 5.74) is 4.24. The Balaban J connectivity index is 1.96. The molecule has 3 aromatic heterocycles. The van der Waals surface area contributed by atoms with Crippen molar-refractivity contribution in [2.75, 3.05) is 7.05 Å². The van der Waals surface area contributed by atoms with Gasteiger partial charge in [0.25, 0.3) is 5.56 Å². The first-order valence-electron chi connectivity index (χ1n) is 7.75. The van der Waals surface area contributed by atoms with Gasteiger partial charge < -0.3 is 0 Å². The molecule has 0 spiro atoms. The van der Waals surface area contributed by atoms with Crippen LogP contribution in [0.3, 0.4) is 0 Å². The van der Waals surface area contributed by atoms with Crippen molar-refractivity contribution in [3.63, 3.8) is 0 Å². The fourth-order valence-corrected chi connectivity index (χ4v) is 2.96. The Morgan fingerprint density at radius 3 is 2.96 bits per heavy atom. The number of aliphatic imine (C=N–C) groups is 1. The monoisotopic (exact) mass is 332 g/mol. The standard InChI is InChI=1S/C18H16N6O/c1-4-14(19-2)13-10-21-24-17(25)8-15(22-18(13)24)11-5-6-16-12(7-11)9-20-23(16)3/h4-10,21H,1H2,2-3H3. The van der Waals surface area contributed by atoms with Crippen LogP contribution in [0.25, 0.3) is 27.8 Å². The number of aromatic nitrogens is 5. The zero-order chi connectivity index (χ0) is 17.6. The summed E-state index contributed by atoms with van der Waals surface area (Å²) in [4.78, 5) is 21.3. The Kier molecular flexibility index (Phi) is 3.35. The van der Waals surface area contributed by atoms with Gasteiger partial charge in [-0.3, -0.25) is 19.6 Å². The molecule has 0 aliphatic carbocycles. The molecular formula is C18H16N6O. The number of aromatic amines is 1. The molecule has 3 heterocycles. The first-order chi connectivity index (χ1) is 12.1. The number of H-pyrrole nitrogens is 1. The van der Waals surface area contributed by atoms with Crippen molar-refractivity contribution in [2.24, 2.45) is 12.0 Å². The number of nitrogens with one attached hydrogen (secondary N) is 1. The van der Waals surface area contributed by atoms with Gasteiger partial charge >= 0.3 is 0 Å². The lowest BCUT2D eigenvalue weighted by Crippen LogP contribution is -2.15. The van der Waals surface area contributed by atoms with Crippen LogP contribution in [0.5, 0.6) is 0 Å². The molecule has 0 saturated carbocycles. The molecule has 0 aliphatic heterocycles. The second kappa shape index (κ2) is 5.55. The molecule has 7 heteroatoms. The molecule has 4 rings (SSSR count). The van der Waals surface area contributed by atoms with Gasteiger partial charge in [-0.25, -0.2) is 9.50 Å². The minimum atomic E-state index is -0.183. The van der Waals surface area contributed by atoms with E-state index in [2.05, 4.69) is 26.8 Å². The van der Waals surface area contributed by atoms with E-state index >= 15 is 0 Å². The van der Waals surface area contributed by atoms with Gasteiger partial charge in [0, 0.05) is 37.3 Å². The van der Waals surface area contributed by atoms with E-state index in [1.165, 1.54) is 10.6 Å². The lowest BCUT2D eigenvalue weighted by Gasteiger charge is -2.04. The highest BCUT2D eigenvalue weighted by Crippen LogP contribution is 2.23. The van der Waals surface area contributed by atoms with Crippen LogP contribution in [-0.4, -0.2) is 37.1 Å². The number of rotatable bonds is 3.